The Bertz CT molecular complexity index is 466. The number of hydrogen-bond donors (Lipinski definition) is 0. The van der Waals surface area contributed by atoms with Crippen LogP contribution in [0.25, 0.3) is 0 Å². The number of esters is 1. The van der Waals surface area contributed by atoms with Gasteiger partial charge in [0.05, 0.1) is 6.61 Å². The second-order valence-electron chi connectivity index (χ2n) is 5.43. The SMILES string of the molecule is CCOC(=O)C(CC)c1nc(C2(OC)CCCCC2)no1. The number of hydrogen-bond acceptors (Lipinski definition) is 6. The van der Waals surface area contributed by atoms with E-state index >= 15 is 0 Å². The lowest BCUT2D eigenvalue weighted by Gasteiger charge is -2.32. The second-order valence-corrected chi connectivity index (χ2v) is 5.43. The predicted molar refractivity (Wildman–Crippen MR) is 75.7 cm³/mol. The molecule has 1 saturated carbocycles. The minimum Gasteiger partial charge on any atom is -0.465 e. The highest BCUT2D eigenvalue weighted by Crippen LogP contribution is 2.39. The third kappa shape index (κ3) is 3.26. The number of rotatable bonds is 6. The van der Waals surface area contributed by atoms with Crippen molar-refractivity contribution in [3.05, 3.63) is 11.7 Å². The molecule has 1 aliphatic rings. The topological polar surface area (TPSA) is 74.5 Å². The van der Waals surface area contributed by atoms with Gasteiger partial charge in [-0.05, 0) is 26.2 Å². The van der Waals surface area contributed by atoms with E-state index in [0.717, 1.165) is 25.7 Å². The summed E-state index contributed by atoms with van der Waals surface area (Å²) in [6.45, 7) is 4.03. The molecule has 1 atom stereocenters. The molecule has 1 aliphatic carbocycles. The van der Waals surface area contributed by atoms with Crippen molar-refractivity contribution < 1.29 is 18.8 Å². The average molecular weight is 296 g/mol. The van der Waals surface area contributed by atoms with Crippen molar-refractivity contribution in [2.24, 2.45) is 0 Å². The van der Waals surface area contributed by atoms with Crippen molar-refractivity contribution in [1.29, 1.82) is 0 Å². The van der Waals surface area contributed by atoms with Crippen LogP contribution in [0.5, 0.6) is 0 Å². The standard InChI is InChI=1S/C15H24N2O4/c1-4-11(13(18)20-5-2)12-16-14(17-21-12)15(19-3)9-7-6-8-10-15/h11H,4-10H2,1-3H3. The highest BCUT2D eigenvalue weighted by molar-refractivity contribution is 5.76. The summed E-state index contributed by atoms with van der Waals surface area (Å²) >= 11 is 0. The Morgan fingerprint density at radius 3 is 2.62 bits per heavy atom. The van der Waals surface area contributed by atoms with E-state index < -0.39 is 11.5 Å². The molecule has 0 saturated heterocycles. The van der Waals surface area contributed by atoms with Crippen LogP contribution < -0.4 is 0 Å². The average Bonchev–Trinajstić information content (AvgIpc) is 2.99. The van der Waals surface area contributed by atoms with Crippen LogP contribution in [-0.2, 0) is 19.9 Å². The minimum absolute atomic E-state index is 0.315. The zero-order valence-electron chi connectivity index (χ0n) is 13.1. The van der Waals surface area contributed by atoms with Gasteiger partial charge in [0.2, 0.25) is 11.7 Å². The third-order valence-electron chi connectivity index (χ3n) is 4.18. The van der Waals surface area contributed by atoms with Gasteiger partial charge in [0.1, 0.15) is 11.5 Å². The van der Waals surface area contributed by atoms with Gasteiger partial charge in [-0.2, -0.15) is 4.98 Å². The van der Waals surface area contributed by atoms with E-state index in [1.165, 1.54) is 6.42 Å². The molecule has 1 fully saturated rings. The van der Waals surface area contributed by atoms with Crippen molar-refractivity contribution in [1.82, 2.24) is 10.1 Å². The summed E-state index contributed by atoms with van der Waals surface area (Å²) in [7, 11) is 1.68. The summed E-state index contributed by atoms with van der Waals surface area (Å²) in [6, 6.07) is 0. The van der Waals surface area contributed by atoms with Crippen LogP contribution in [0.1, 0.15) is 70.0 Å². The van der Waals surface area contributed by atoms with Crippen LogP contribution in [0.15, 0.2) is 4.52 Å². The van der Waals surface area contributed by atoms with E-state index in [4.69, 9.17) is 14.0 Å². The zero-order valence-corrected chi connectivity index (χ0v) is 13.1. The fraction of sp³-hybridized carbons (Fsp3) is 0.800. The fourth-order valence-corrected chi connectivity index (χ4v) is 2.89. The number of ether oxygens (including phenoxy) is 2. The van der Waals surface area contributed by atoms with E-state index in [9.17, 15) is 4.79 Å². The summed E-state index contributed by atoms with van der Waals surface area (Å²) in [6.07, 6.45) is 5.73. The number of aromatic nitrogens is 2. The maximum atomic E-state index is 11.9. The monoisotopic (exact) mass is 296 g/mol. The Hall–Kier alpha value is -1.43. The van der Waals surface area contributed by atoms with Gasteiger partial charge in [0, 0.05) is 7.11 Å². The number of carbonyl (C=O) groups is 1. The summed E-state index contributed by atoms with van der Waals surface area (Å²) in [5.74, 6) is 0.0735. The van der Waals surface area contributed by atoms with Crippen LogP contribution >= 0.6 is 0 Å². The lowest BCUT2D eigenvalue weighted by molar-refractivity contribution is -0.145. The molecule has 118 valence electrons. The van der Waals surface area contributed by atoms with E-state index in [1.54, 1.807) is 14.0 Å². The second kappa shape index (κ2) is 7.02. The van der Waals surface area contributed by atoms with Gasteiger partial charge < -0.3 is 14.0 Å². The Labute approximate surface area is 125 Å². The van der Waals surface area contributed by atoms with Crippen LogP contribution in [0.2, 0.25) is 0 Å². The first-order valence-corrected chi connectivity index (χ1v) is 7.72. The first kappa shape index (κ1) is 15.9. The third-order valence-corrected chi connectivity index (χ3v) is 4.18. The number of carbonyl (C=O) groups excluding carboxylic acids is 1. The quantitative estimate of drug-likeness (QED) is 0.751. The van der Waals surface area contributed by atoms with Crippen molar-refractivity contribution in [3.63, 3.8) is 0 Å². The molecule has 21 heavy (non-hydrogen) atoms. The molecule has 0 spiro atoms. The fourth-order valence-electron chi connectivity index (χ4n) is 2.89. The first-order chi connectivity index (χ1) is 10.2. The zero-order chi connectivity index (χ0) is 15.3. The molecule has 6 heteroatoms. The van der Waals surface area contributed by atoms with Crippen LogP contribution in [0, 0.1) is 0 Å². The molecular weight excluding hydrogens is 272 g/mol. The maximum absolute atomic E-state index is 11.9. The van der Waals surface area contributed by atoms with Gasteiger partial charge in [-0.15, -0.1) is 0 Å². The molecule has 0 bridgehead atoms. The van der Waals surface area contributed by atoms with Gasteiger partial charge in [-0.1, -0.05) is 31.3 Å². The highest BCUT2D eigenvalue weighted by Gasteiger charge is 2.39. The lowest BCUT2D eigenvalue weighted by atomic mass is 9.84. The van der Waals surface area contributed by atoms with Gasteiger partial charge in [-0.3, -0.25) is 4.79 Å². The molecule has 1 unspecified atom stereocenters. The lowest BCUT2D eigenvalue weighted by Crippen LogP contribution is -2.32. The highest BCUT2D eigenvalue weighted by atomic mass is 16.5. The Morgan fingerprint density at radius 2 is 2.05 bits per heavy atom. The molecule has 1 aromatic rings. The van der Waals surface area contributed by atoms with Crippen LogP contribution in [0.4, 0.5) is 0 Å². The summed E-state index contributed by atoms with van der Waals surface area (Å²) < 4.78 is 16.1. The Morgan fingerprint density at radius 1 is 1.33 bits per heavy atom. The van der Waals surface area contributed by atoms with E-state index in [-0.39, 0.29) is 5.97 Å². The number of methoxy groups -OCH3 is 1. The van der Waals surface area contributed by atoms with Crippen LogP contribution in [0.3, 0.4) is 0 Å². The van der Waals surface area contributed by atoms with Crippen molar-refractivity contribution in [3.8, 4) is 0 Å². The Kier molecular flexibility index (Phi) is 5.33. The molecule has 2 rings (SSSR count). The van der Waals surface area contributed by atoms with E-state index in [1.807, 2.05) is 6.92 Å². The van der Waals surface area contributed by atoms with Crippen molar-refractivity contribution in [2.45, 2.75) is 63.9 Å². The summed E-state index contributed by atoms with van der Waals surface area (Å²) in [5.41, 5.74) is -0.465. The first-order valence-electron chi connectivity index (χ1n) is 7.72. The summed E-state index contributed by atoms with van der Waals surface area (Å²) in [5, 5.41) is 4.08. The summed E-state index contributed by atoms with van der Waals surface area (Å²) in [4.78, 5) is 16.4. The Balaban J connectivity index is 2.21. The van der Waals surface area contributed by atoms with Crippen molar-refractivity contribution in [2.75, 3.05) is 13.7 Å². The molecule has 1 heterocycles. The van der Waals surface area contributed by atoms with E-state index in [0.29, 0.717) is 24.7 Å². The van der Waals surface area contributed by atoms with Crippen molar-refractivity contribution >= 4 is 5.97 Å². The minimum atomic E-state index is -0.497. The smallest absolute Gasteiger partial charge is 0.318 e. The molecule has 0 N–H and O–H groups in total. The largest absolute Gasteiger partial charge is 0.465 e. The molecule has 6 nitrogen and oxygen atoms in total. The molecular formula is C15H24N2O4. The molecule has 0 amide bonds. The van der Waals surface area contributed by atoms with Gasteiger partial charge in [0.25, 0.3) is 0 Å². The van der Waals surface area contributed by atoms with Crippen LogP contribution in [-0.4, -0.2) is 29.8 Å². The molecule has 0 aliphatic heterocycles. The van der Waals surface area contributed by atoms with Gasteiger partial charge in [0.15, 0.2) is 0 Å². The maximum Gasteiger partial charge on any atom is 0.318 e. The molecule has 0 aromatic carbocycles. The van der Waals surface area contributed by atoms with Gasteiger partial charge >= 0.3 is 5.97 Å². The number of nitrogens with zero attached hydrogens (tertiary/aromatic N) is 2. The molecule has 1 aromatic heterocycles. The normalized spacial score (nSPS) is 19.2. The van der Waals surface area contributed by atoms with Gasteiger partial charge in [-0.25, -0.2) is 0 Å². The van der Waals surface area contributed by atoms with E-state index in [2.05, 4.69) is 10.1 Å². The molecule has 0 radical (unpaired) electrons. The predicted octanol–water partition coefficient (Wildman–Crippen LogP) is 2.93.